The van der Waals surface area contributed by atoms with Gasteiger partial charge >= 0.3 is 0 Å². The second-order valence-electron chi connectivity index (χ2n) is 4.29. The van der Waals surface area contributed by atoms with E-state index in [1.165, 1.54) is 11.1 Å². The number of amides is 1. The van der Waals surface area contributed by atoms with Gasteiger partial charge in [0.05, 0.1) is 0 Å². The van der Waals surface area contributed by atoms with Gasteiger partial charge in [-0.25, -0.2) is 0 Å². The van der Waals surface area contributed by atoms with Crippen molar-refractivity contribution < 1.29 is 4.79 Å². The first-order valence-electron chi connectivity index (χ1n) is 5.75. The van der Waals surface area contributed by atoms with E-state index in [1.54, 1.807) is 0 Å². The van der Waals surface area contributed by atoms with E-state index in [2.05, 4.69) is 30.4 Å². The summed E-state index contributed by atoms with van der Waals surface area (Å²) in [7, 11) is 1.88. The Morgan fingerprint density at radius 1 is 1.31 bits per heavy atom. The monoisotopic (exact) mass is 215 g/mol. The van der Waals surface area contributed by atoms with E-state index in [9.17, 15) is 4.79 Å². The lowest BCUT2D eigenvalue weighted by atomic mass is 10.1. The fraction of sp³-hybridized carbons (Fsp3) is 0.357. The molecule has 2 nitrogen and oxygen atoms in total. The summed E-state index contributed by atoms with van der Waals surface area (Å²) in [6.45, 7) is 0.709. The number of carbonyl (C=O) groups is 1. The van der Waals surface area contributed by atoms with Crippen molar-refractivity contribution in [3.05, 3.63) is 41.5 Å². The van der Waals surface area contributed by atoms with Crippen molar-refractivity contribution in [2.75, 3.05) is 7.05 Å². The molecule has 0 aliphatic carbocycles. The van der Waals surface area contributed by atoms with Crippen molar-refractivity contribution in [2.24, 2.45) is 0 Å². The highest BCUT2D eigenvalue weighted by Crippen LogP contribution is 2.13. The van der Waals surface area contributed by atoms with Gasteiger partial charge in [0, 0.05) is 20.0 Å². The highest BCUT2D eigenvalue weighted by Gasteiger charge is 2.09. The maximum absolute atomic E-state index is 11.7. The molecule has 2 heteroatoms. The molecule has 0 radical (unpaired) electrons. The van der Waals surface area contributed by atoms with Gasteiger partial charge in [-0.1, -0.05) is 30.4 Å². The van der Waals surface area contributed by atoms with Crippen LogP contribution in [0.25, 0.3) is 6.08 Å². The van der Waals surface area contributed by atoms with Crippen LogP contribution in [0.5, 0.6) is 0 Å². The largest absolute Gasteiger partial charge is 0.341 e. The normalized spacial score (nSPS) is 19.1. The molecule has 0 atom stereocenters. The molecule has 1 aliphatic heterocycles. The average Bonchev–Trinajstić information content (AvgIpc) is 2.29. The van der Waals surface area contributed by atoms with Gasteiger partial charge in [0.2, 0.25) is 5.91 Å². The number of hydrogen-bond donors (Lipinski definition) is 0. The van der Waals surface area contributed by atoms with Crippen molar-refractivity contribution in [2.45, 2.75) is 25.8 Å². The number of allylic oxidation sites excluding steroid dienone is 1. The smallest absolute Gasteiger partial charge is 0.222 e. The van der Waals surface area contributed by atoms with E-state index in [-0.39, 0.29) is 5.91 Å². The molecule has 1 heterocycles. The second-order valence-corrected chi connectivity index (χ2v) is 4.29. The molecule has 2 bridgehead atoms. The van der Waals surface area contributed by atoms with Gasteiger partial charge in [-0.15, -0.1) is 0 Å². The molecule has 0 saturated carbocycles. The van der Waals surface area contributed by atoms with Crippen molar-refractivity contribution in [1.29, 1.82) is 0 Å². The van der Waals surface area contributed by atoms with Crippen molar-refractivity contribution in [1.82, 2.24) is 4.90 Å². The van der Waals surface area contributed by atoms with Crippen molar-refractivity contribution in [3.8, 4) is 0 Å². The predicted octanol–water partition coefficient (Wildman–Crippen LogP) is 2.84. The molecule has 0 aromatic heterocycles. The molecule has 1 aromatic rings. The molecular formula is C14H17NO. The van der Waals surface area contributed by atoms with Gasteiger partial charge in [-0.2, -0.15) is 0 Å². The van der Waals surface area contributed by atoms with E-state index in [1.807, 2.05) is 18.0 Å². The van der Waals surface area contributed by atoms with Gasteiger partial charge in [0.1, 0.15) is 0 Å². The minimum Gasteiger partial charge on any atom is -0.341 e. The van der Waals surface area contributed by atoms with Gasteiger partial charge < -0.3 is 4.90 Å². The Morgan fingerprint density at radius 3 is 3.06 bits per heavy atom. The highest BCUT2D eigenvalue weighted by atomic mass is 16.2. The van der Waals surface area contributed by atoms with Crippen LogP contribution in [0.15, 0.2) is 30.3 Å². The van der Waals surface area contributed by atoms with Crippen LogP contribution in [-0.4, -0.2) is 17.9 Å². The Labute approximate surface area is 96.6 Å². The predicted molar refractivity (Wildman–Crippen MR) is 65.8 cm³/mol. The van der Waals surface area contributed by atoms with Crippen LogP contribution >= 0.6 is 0 Å². The molecule has 84 valence electrons. The van der Waals surface area contributed by atoms with E-state index in [0.29, 0.717) is 13.0 Å². The van der Waals surface area contributed by atoms with Crippen LogP contribution < -0.4 is 0 Å². The summed E-state index contributed by atoms with van der Waals surface area (Å²) < 4.78 is 0. The lowest BCUT2D eigenvalue weighted by Crippen LogP contribution is -2.25. The first-order chi connectivity index (χ1) is 7.75. The summed E-state index contributed by atoms with van der Waals surface area (Å²) in [6, 6.07) is 8.36. The first-order valence-corrected chi connectivity index (χ1v) is 5.75. The quantitative estimate of drug-likeness (QED) is 0.651. The summed E-state index contributed by atoms with van der Waals surface area (Å²) in [4.78, 5) is 13.6. The third-order valence-corrected chi connectivity index (χ3v) is 2.87. The zero-order chi connectivity index (χ0) is 11.4. The van der Waals surface area contributed by atoms with Gasteiger partial charge in [-0.3, -0.25) is 4.79 Å². The van der Waals surface area contributed by atoms with E-state index < -0.39 is 0 Å². The number of hydrogen-bond acceptors (Lipinski definition) is 1. The van der Waals surface area contributed by atoms with Crippen LogP contribution in [0.4, 0.5) is 0 Å². The number of fused-ring (bicyclic) bond motifs is 2. The fourth-order valence-electron chi connectivity index (χ4n) is 1.94. The summed E-state index contributed by atoms with van der Waals surface area (Å²) in [6.07, 6.45) is 6.85. The standard InChI is InChI=1S/C14H17NO/c1-15-11-13-8-5-7-12(10-13)6-3-2-4-9-14(15)16/h3,5-8,10H,2,4,9,11H2,1H3/b6-3-. The maximum Gasteiger partial charge on any atom is 0.222 e. The minimum atomic E-state index is 0.237. The van der Waals surface area contributed by atoms with Gasteiger partial charge in [0.15, 0.2) is 0 Å². The fourth-order valence-corrected chi connectivity index (χ4v) is 1.94. The lowest BCUT2D eigenvalue weighted by molar-refractivity contribution is -0.130. The molecule has 0 N–H and O–H groups in total. The number of nitrogens with zero attached hydrogens (tertiary/aromatic N) is 1. The van der Waals surface area contributed by atoms with E-state index >= 15 is 0 Å². The van der Waals surface area contributed by atoms with Gasteiger partial charge in [-0.05, 0) is 30.0 Å². The third kappa shape index (κ3) is 2.72. The molecule has 1 aliphatic rings. The van der Waals surface area contributed by atoms with E-state index in [4.69, 9.17) is 0 Å². The number of rotatable bonds is 0. The first kappa shape index (κ1) is 10.9. The van der Waals surface area contributed by atoms with Crippen molar-refractivity contribution >= 4 is 12.0 Å². The maximum atomic E-state index is 11.7. The van der Waals surface area contributed by atoms with Crippen LogP contribution in [0.2, 0.25) is 0 Å². The van der Waals surface area contributed by atoms with Crippen LogP contribution in [0, 0.1) is 0 Å². The molecule has 0 fully saturated rings. The zero-order valence-electron chi connectivity index (χ0n) is 9.65. The Kier molecular flexibility index (Phi) is 3.40. The minimum absolute atomic E-state index is 0.237. The van der Waals surface area contributed by atoms with E-state index in [0.717, 1.165) is 12.8 Å². The van der Waals surface area contributed by atoms with Crippen molar-refractivity contribution in [3.63, 3.8) is 0 Å². The summed E-state index contributed by atoms with van der Waals surface area (Å²) in [5.74, 6) is 0.237. The SMILES string of the molecule is CN1Cc2cccc(c2)/C=C\CCCC1=O. The molecule has 0 unspecified atom stereocenters. The number of carbonyl (C=O) groups excluding carboxylic acids is 1. The molecule has 0 saturated heterocycles. The lowest BCUT2D eigenvalue weighted by Gasteiger charge is -2.17. The van der Waals surface area contributed by atoms with Crippen LogP contribution in [-0.2, 0) is 11.3 Å². The van der Waals surface area contributed by atoms with Crippen LogP contribution in [0.1, 0.15) is 30.4 Å². The van der Waals surface area contributed by atoms with Crippen LogP contribution in [0.3, 0.4) is 0 Å². The summed E-state index contributed by atoms with van der Waals surface area (Å²) >= 11 is 0. The highest BCUT2D eigenvalue weighted by molar-refractivity contribution is 5.75. The zero-order valence-corrected chi connectivity index (χ0v) is 9.65. The number of benzene rings is 1. The molecule has 2 rings (SSSR count). The molecule has 0 spiro atoms. The average molecular weight is 215 g/mol. The summed E-state index contributed by atoms with van der Waals surface area (Å²) in [5, 5.41) is 0. The summed E-state index contributed by atoms with van der Waals surface area (Å²) in [5.41, 5.74) is 2.42. The Hall–Kier alpha value is -1.57. The Balaban J connectivity index is 2.26. The topological polar surface area (TPSA) is 20.3 Å². The third-order valence-electron chi connectivity index (χ3n) is 2.87. The second kappa shape index (κ2) is 4.97. The van der Waals surface area contributed by atoms with Gasteiger partial charge in [0.25, 0.3) is 0 Å². The molecule has 16 heavy (non-hydrogen) atoms. The Bertz CT molecular complexity index is 409. The molecule has 1 amide bonds. The molecule has 1 aromatic carbocycles. The Morgan fingerprint density at radius 2 is 2.19 bits per heavy atom. The molecular weight excluding hydrogens is 198 g/mol.